The van der Waals surface area contributed by atoms with Crippen molar-refractivity contribution in [3.63, 3.8) is 0 Å². The van der Waals surface area contributed by atoms with Gasteiger partial charge in [-0.3, -0.25) is 4.98 Å². The fourth-order valence-electron chi connectivity index (χ4n) is 2.10. The number of rotatable bonds is 9. The number of aromatic nitrogens is 1. The van der Waals surface area contributed by atoms with Crippen LogP contribution in [0, 0.1) is 12.8 Å². The smallest absolute Gasteiger partial charge is 0.138 e. The maximum Gasteiger partial charge on any atom is 0.138 e. The lowest BCUT2D eigenvalue weighted by atomic mass is 10.0. The van der Waals surface area contributed by atoms with Gasteiger partial charge < -0.3 is 10.4 Å². The second-order valence-corrected chi connectivity index (χ2v) is 5.69. The summed E-state index contributed by atoms with van der Waals surface area (Å²) in [6.07, 6.45) is 6.50. The maximum absolute atomic E-state index is 9.66. The van der Waals surface area contributed by atoms with Gasteiger partial charge in [0, 0.05) is 12.2 Å². The first kappa shape index (κ1) is 16.0. The number of aryl methyl sites for hydroxylation is 1. The van der Waals surface area contributed by atoms with E-state index in [0.717, 1.165) is 23.9 Å². The van der Waals surface area contributed by atoms with Crippen LogP contribution < -0.4 is 5.32 Å². The number of hydrogen-bond acceptors (Lipinski definition) is 3. The summed E-state index contributed by atoms with van der Waals surface area (Å²) in [5.74, 6) is 1.11. The molecule has 0 atom stereocenters. The van der Waals surface area contributed by atoms with Crippen molar-refractivity contribution in [3.05, 3.63) is 23.5 Å². The van der Waals surface area contributed by atoms with E-state index in [2.05, 4.69) is 24.1 Å². The predicted octanol–water partition coefficient (Wildman–Crippen LogP) is 3.79. The van der Waals surface area contributed by atoms with Crippen LogP contribution in [-0.2, 0) is 6.54 Å². The van der Waals surface area contributed by atoms with E-state index in [-0.39, 0.29) is 5.75 Å². The maximum atomic E-state index is 9.66. The molecule has 0 aliphatic rings. The molecule has 0 bridgehead atoms. The summed E-state index contributed by atoms with van der Waals surface area (Å²) in [5.41, 5.74) is 1.70. The molecule has 0 aliphatic carbocycles. The Kier molecular flexibility index (Phi) is 7.49. The van der Waals surface area contributed by atoms with Crippen LogP contribution in [0.4, 0.5) is 0 Å². The number of pyridine rings is 1. The number of nitrogens with one attached hydrogen (secondary N) is 1. The molecule has 2 N–H and O–H groups in total. The molecule has 0 saturated carbocycles. The summed E-state index contributed by atoms with van der Waals surface area (Å²) in [4.78, 5) is 4.33. The quantitative estimate of drug-likeness (QED) is 0.667. The number of hydrogen-bond donors (Lipinski definition) is 2. The molecule has 0 amide bonds. The number of nitrogens with zero attached hydrogens (tertiary/aromatic N) is 1. The van der Waals surface area contributed by atoms with Gasteiger partial charge in [-0.25, -0.2) is 0 Å². The molecule has 1 aromatic heterocycles. The Morgan fingerprint density at radius 2 is 1.89 bits per heavy atom. The molecule has 0 saturated heterocycles. The fourth-order valence-corrected chi connectivity index (χ4v) is 2.10. The lowest BCUT2D eigenvalue weighted by molar-refractivity contribution is 0.457. The highest BCUT2D eigenvalue weighted by Crippen LogP contribution is 2.14. The molecule has 0 fully saturated rings. The molecule has 1 rings (SSSR count). The van der Waals surface area contributed by atoms with Crippen LogP contribution in [-0.4, -0.2) is 16.6 Å². The van der Waals surface area contributed by atoms with Crippen LogP contribution in [0.3, 0.4) is 0 Å². The fraction of sp³-hybridized carbons (Fsp3) is 0.688. The molecule has 0 aromatic carbocycles. The van der Waals surface area contributed by atoms with E-state index in [4.69, 9.17) is 0 Å². The summed E-state index contributed by atoms with van der Waals surface area (Å²) in [5, 5.41) is 13.0. The Hall–Kier alpha value is -1.09. The minimum absolute atomic E-state index is 0.287. The molecule has 108 valence electrons. The van der Waals surface area contributed by atoms with Crippen LogP contribution in [0.15, 0.2) is 12.1 Å². The van der Waals surface area contributed by atoms with Crippen LogP contribution in [0.5, 0.6) is 5.75 Å². The molecular weight excluding hydrogens is 236 g/mol. The van der Waals surface area contributed by atoms with Gasteiger partial charge in [-0.15, -0.1) is 0 Å². The van der Waals surface area contributed by atoms with Gasteiger partial charge in [-0.05, 0) is 37.9 Å². The van der Waals surface area contributed by atoms with Gasteiger partial charge in [0.1, 0.15) is 5.75 Å². The summed E-state index contributed by atoms with van der Waals surface area (Å²) >= 11 is 0. The highest BCUT2D eigenvalue weighted by molar-refractivity contribution is 5.27. The lowest BCUT2D eigenvalue weighted by Gasteiger charge is -2.07. The molecule has 0 aliphatic heterocycles. The molecule has 0 spiro atoms. The van der Waals surface area contributed by atoms with E-state index in [0.29, 0.717) is 6.54 Å². The van der Waals surface area contributed by atoms with Crippen molar-refractivity contribution in [2.45, 2.75) is 59.4 Å². The molecule has 3 heteroatoms. The van der Waals surface area contributed by atoms with Crippen molar-refractivity contribution in [2.75, 3.05) is 6.54 Å². The third-order valence-electron chi connectivity index (χ3n) is 3.27. The average Bonchev–Trinajstić information content (AvgIpc) is 2.36. The van der Waals surface area contributed by atoms with E-state index in [9.17, 15) is 5.11 Å². The molecule has 1 heterocycles. The monoisotopic (exact) mass is 264 g/mol. The first-order valence-electron chi connectivity index (χ1n) is 7.46. The van der Waals surface area contributed by atoms with Crippen LogP contribution in [0.1, 0.15) is 57.3 Å². The van der Waals surface area contributed by atoms with Crippen LogP contribution >= 0.6 is 0 Å². The van der Waals surface area contributed by atoms with Crippen molar-refractivity contribution in [1.82, 2.24) is 10.3 Å². The third kappa shape index (κ3) is 7.16. The Bertz CT molecular complexity index is 364. The van der Waals surface area contributed by atoms with Gasteiger partial charge in [0.05, 0.1) is 5.69 Å². The van der Waals surface area contributed by atoms with E-state index < -0.39 is 0 Å². The van der Waals surface area contributed by atoms with Crippen LogP contribution in [0.25, 0.3) is 0 Å². The van der Waals surface area contributed by atoms with E-state index in [1.807, 2.05) is 13.0 Å². The Balaban J connectivity index is 2.06. The number of aromatic hydroxyl groups is 1. The van der Waals surface area contributed by atoms with Crippen molar-refractivity contribution in [1.29, 1.82) is 0 Å². The molecule has 3 nitrogen and oxygen atoms in total. The Morgan fingerprint density at radius 1 is 1.16 bits per heavy atom. The first-order chi connectivity index (χ1) is 9.09. The molecular formula is C16H28N2O. The SMILES string of the molecule is Cc1ccc(O)c(CNCCCCCCC(C)C)n1. The standard InChI is InChI=1S/C16H28N2O/c1-13(2)8-6-4-5-7-11-17-12-15-16(19)10-9-14(3)18-15/h9-10,13,17,19H,4-8,11-12H2,1-3H3. The normalized spacial score (nSPS) is 11.2. The zero-order valence-electron chi connectivity index (χ0n) is 12.6. The molecule has 0 radical (unpaired) electrons. The Morgan fingerprint density at radius 3 is 2.63 bits per heavy atom. The topological polar surface area (TPSA) is 45.1 Å². The van der Waals surface area contributed by atoms with Gasteiger partial charge in [0.15, 0.2) is 0 Å². The van der Waals surface area contributed by atoms with Gasteiger partial charge in [0.2, 0.25) is 0 Å². The van der Waals surface area contributed by atoms with E-state index in [1.165, 1.54) is 32.1 Å². The number of unbranched alkanes of at least 4 members (excludes halogenated alkanes) is 3. The van der Waals surface area contributed by atoms with Gasteiger partial charge in [-0.1, -0.05) is 39.5 Å². The molecule has 19 heavy (non-hydrogen) atoms. The van der Waals surface area contributed by atoms with Crippen molar-refractivity contribution in [2.24, 2.45) is 5.92 Å². The second kappa shape index (κ2) is 8.92. The summed E-state index contributed by atoms with van der Waals surface area (Å²) in [6, 6.07) is 3.54. The summed E-state index contributed by atoms with van der Waals surface area (Å²) in [7, 11) is 0. The van der Waals surface area contributed by atoms with E-state index >= 15 is 0 Å². The molecule has 1 aromatic rings. The van der Waals surface area contributed by atoms with E-state index in [1.54, 1.807) is 6.07 Å². The third-order valence-corrected chi connectivity index (χ3v) is 3.27. The van der Waals surface area contributed by atoms with Gasteiger partial charge >= 0.3 is 0 Å². The summed E-state index contributed by atoms with van der Waals surface area (Å²) < 4.78 is 0. The first-order valence-corrected chi connectivity index (χ1v) is 7.46. The predicted molar refractivity (Wildman–Crippen MR) is 80.3 cm³/mol. The minimum atomic E-state index is 0.287. The zero-order valence-corrected chi connectivity index (χ0v) is 12.6. The highest BCUT2D eigenvalue weighted by Gasteiger charge is 2.02. The zero-order chi connectivity index (χ0) is 14.1. The lowest BCUT2D eigenvalue weighted by Crippen LogP contribution is -2.15. The summed E-state index contributed by atoms with van der Waals surface area (Å²) in [6.45, 7) is 8.15. The molecule has 0 unspecified atom stereocenters. The van der Waals surface area contributed by atoms with Gasteiger partial charge in [-0.2, -0.15) is 0 Å². The van der Waals surface area contributed by atoms with Crippen molar-refractivity contribution < 1.29 is 5.11 Å². The van der Waals surface area contributed by atoms with Crippen LogP contribution in [0.2, 0.25) is 0 Å². The Labute approximate surface area is 117 Å². The second-order valence-electron chi connectivity index (χ2n) is 5.69. The minimum Gasteiger partial charge on any atom is -0.506 e. The van der Waals surface area contributed by atoms with Gasteiger partial charge in [0.25, 0.3) is 0 Å². The largest absolute Gasteiger partial charge is 0.506 e. The average molecular weight is 264 g/mol. The highest BCUT2D eigenvalue weighted by atomic mass is 16.3. The van der Waals surface area contributed by atoms with Crippen molar-refractivity contribution in [3.8, 4) is 5.75 Å². The van der Waals surface area contributed by atoms with Crippen molar-refractivity contribution >= 4 is 0 Å².